The Bertz CT molecular complexity index is 823. The number of rotatable bonds is 4. The van der Waals surface area contributed by atoms with Crippen molar-refractivity contribution in [2.75, 3.05) is 7.05 Å². The zero-order valence-corrected chi connectivity index (χ0v) is 15.9. The van der Waals surface area contributed by atoms with Crippen LogP contribution in [-0.4, -0.2) is 32.8 Å². The van der Waals surface area contributed by atoms with Crippen LogP contribution in [0.3, 0.4) is 0 Å². The van der Waals surface area contributed by atoms with E-state index in [9.17, 15) is 0 Å². The first-order valence-corrected chi connectivity index (χ1v) is 7.38. The van der Waals surface area contributed by atoms with Gasteiger partial charge in [-0.1, -0.05) is 24.3 Å². The number of benzene rings is 1. The minimum absolute atomic E-state index is 0. The molecule has 7 nitrogen and oxygen atoms in total. The van der Waals surface area contributed by atoms with Crippen molar-refractivity contribution in [3.63, 3.8) is 0 Å². The number of para-hydroxylation sites is 1. The van der Waals surface area contributed by atoms with E-state index in [0.29, 0.717) is 19.0 Å². The molecule has 3 rings (SSSR count). The van der Waals surface area contributed by atoms with Crippen molar-refractivity contribution < 1.29 is 0 Å². The standard InChI is InChI=1S/C16H19N7.HI/c1-17-16(20-10-14-21-11-22-23(14)2)19-9-13-6-3-5-12-7-4-8-18-15(12)13;/h3-8,11H,9-10H2,1-2H3,(H2,17,19,20);1H. The third kappa shape index (κ3) is 4.19. The molecule has 24 heavy (non-hydrogen) atoms. The normalized spacial score (nSPS) is 11.2. The van der Waals surface area contributed by atoms with E-state index in [0.717, 1.165) is 22.3 Å². The van der Waals surface area contributed by atoms with Gasteiger partial charge < -0.3 is 10.6 Å². The van der Waals surface area contributed by atoms with Crippen LogP contribution in [0.1, 0.15) is 11.4 Å². The van der Waals surface area contributed by atoms with E-state index in [4.69, 9.17) is 0 Å². The second kappa shape index (κ2) is 8.57. The first kappa shape index (κ1) is 18.1. The number of nitrogens with zero attached hydrogens (tertiary/aromatic N) is 5. The Labute approximate surface area is 157 Å². The van der Waals surface area contributed by atoms with E-state index in [-0.39, 0.29) is 24.0 Å². The monoisotopic (exact) mass is 437 g/mol. The number of guanidine groups is 1. The maximum atomic E-state index is 4.46. The van der Waals surface area contributed by atoms with Crippen LogP contribution in [0.15, 0.2) is 47.8 Å². The summed E-state index contributed by atoms with van der Waals surface area (Å²) < 4.78 is 1.73. The van der Waals surface area contributed by atoms with Gasteiger partial charge in [0.05, 0.1) is 12.1 Å². The fourth-order valence-electron chi connectivity index (χ4n) is 2.35. The molecule has 0 spiro atoms. The Morgan fingerprint density at radius 1 is 1.12 bits per heavy atom. The molecule has 0 atom stereocenters. The number of aliphatic imine (C=N–C) groups is 1. The molecule has 8 heteroatoms. The van der Waals surface area contributed by atoms with E-state index in [1.54, 1.807) is 11.7 Å². The maximum Gasteiger partial charge on any atom is 0.191 e. The SMILES string of the molecule is CN=C(NCc1cccc2cccnc12)NCc1ncnn1C.I. The van der Waals surface area contributed by atoms with Gasteiger partial charge in [0.2, 0.25) is 0 Å². The van der Waals surface area contributed by atoms with Crippen molar-refractivity contribution in [3.05, 3.63) is 54.2 Å². The van der Waals surface area contributed by atoms with Crippen LogP contribution in [0.25, 0.3) is 10.9 Å². The van der Waals surface area contributed by atoms with Crippen LogP contribution in [0.2, 0.25) is 0 Å². The number of nitrogens with one attached hydrogen (secondary N) is 2. The number of fused-ring (bicyclic) bond motifs is 1. The van der Waals surface area contributed by atoms with E-state index in [2.05, 4.69) is 48.9 Å². The number of halogens is 1. The first-order chi connectivity index (χ1) is 11.3. The van der Waals surface area contributed by atoms with Crippen molar-refractivity contribution >= 4 is 40.8 Å². The molecule has 0 aliphatic heterocycles. The molecule has 0 saturated heterocycles. The minimum atomic E-state index is 0. The Kier molecular flexibility index (Phi) is 6.47. The van der Waals surface area contributed by atoms with E-state index in [1.807, 2.05) is 25.4 Å². The summed E-state index contributed by atoms with van der Waals surface area (Å²) in [4.78, 5) is 12.9. The molecule has 1 aromatic carbocycles. The minimum Gasteiger partial charge on any atom is -0.352 e. The predicted octanol–water partition coefficient (Wildman–Crippen LogP) is 1.85. The van der Waals surface area contributed by atoms with Gasteiger partial charge in [-0.2, -0.15) is 5.10 Å². The van der Waals surface area contributed by atoms with Crippen LogP contribution < -0.4 is 10.6 Å². The predicted molar refractivity (Wildman–Crippen MR) is 105 cm³/mol. The van der Waals surface area contributed by atoms with E-state index < -0.39 is 0 Å². The van der Waals surface area contributed by atoms with Crippen LogP contribution >= 0.6 is 24.0 Å². The Hall–Kier alpha value is -2.23. The highest BCUT2D eigenvalue weighted by molar-refractivity contribution is 14.0. The largest absolute Gasteiger partial charge is 0.352 e. The molecule has 3 aromatic rings. The lowest BCUT2D eigenvalue weighted by atomic mass is 10.1. The van der Waals surface area contributed by atoms with Gasteiger partial charge in [-0.15, -0.1) is 24.0 Å². The number of pyridine rings is 1. The third-order valence-corrected chi connectivity index (χ3v) is 3.61. The summed E-state index contributed by atoms with van der Waals surface area (Å²) in [5.74, 6) is 1.56. The number of aryl methyl sites for hydroxylation is 1. The fourth-order valence-corrected chi connectivity index (χ4v) is 2.35. The summed E-state index contributed by atoms with van der Waals surface area (Å²) in [6, 6.07) is 10.2. The number of hydrogen-bond donors (Lipinski definition) is 2. The van der Waals surface area contributed by atoms with Crippen molar-refractivity contribution in [2.24, 2.45) is 12.0 Å². The van der Waals surface area contributed by atoms with Gasteiger partial charge in [-0.3, -0.25) is 14.7 Å². The van der Waals surface area contributed by atoms with Crippen LogP contribution in [-0.2, 0) is 20.1 Å². The highest BCUT2D eigenvalue weighted by Gasteiger charge is 2.05. The maximum absolute atomic E-state index is 4.46. The zero-order valence-electron chi connectivity index (χ0n) is 13.6. The second-order valence-corrected chi connectivity index (χ2v) is 5.07. The van der Waals surface area contributed by atoms with Crippen molar-refractivity contribution in [3.8, 4) is 0 Å². The van der Waals surface area contributed by atoms with Crippen molar-refractivity contribution in [1.29, 1.82) is 0 Å². The molecular weight excluding hydrogens is 417 g/mol. The highest BCUT2D eigenvalue weighted by atomic mass is 127. The van der Waals surface area contributed by atoms with Crippen LogP contribution in [0.4, 0.5) is 0 Å². The van der Waals surface area contributed by atoms with Crippen LogP contribution in [0, 0.1) is 0 Å². The van der Waals surface area contributed by atoms with Gasteiger partial charge >= 0.3 is 0 Å². The molecule has 0 radical (unpaired) electrons. The Balaban J connectivity index is 0.00000208. The summed E-state index contributed by atoms with van der Waals surface area (Å²) in [6.07, 6.45) is 3.35. The third-order valence-electron chi connectivity index (χ3n) is 3.61. The second-order valence-electron chi connectivity index (χ2n) is 5.07. The molecule has 0 aliphatic carbocycles. The lowest BCUT2D eigenvalue weighted by Gasteiger charge is -2.12. The zero-order chi connectivity index (χ0) is 16.1. The molecule has 0 aliphatic rings. The van der Waals surface area contributed by atoms with E-state index in [1.165, 1.54) is 6.33 Å². The van der Waals surface area contributed by atoms with Gasteiger partial charge in [0.1, 0.15) is 12.2 Å². The lowest BCUT2D eigenvalue weighted by Crippen LogP contribution is -2.37. The number of aromatic nitrogens is 4. The molecule has 126 valence electrons. The summed E-state index contributed by atoms with van der Waals surface area (Å²) in [5, 5.41) is 11.7. The molecule has 0 saturated carbocycles. The molecule has 0 bridgehead atoms. The first-order valence-electron chi connectivity index (χ1n) is 7.38. The highest BCUT2D eigenvalue weighted by Crippen LogP contribution is 2.15. The molecule has 2 N–H and O–H groups in total. The lowest BCUT2D eigenvalue weighted by molar-refractivity contribution is 0.673. The van der Waals surface area contributed by atoms with Gasteiger partial charge in [-0.25, -0.2) is 4.98 Å². The average molecular weight is 437 g/mol. The summed E-state index contributed by atoms with van der Waals surface area (Å²) in [7, 11) is 3.61. The van der Waals surface area contributed by atoms with E-state index >= 15 is 0 Å². The van der Waals surface area contributed by atoms with Crippen molar-refractivity contribution in [2.45, 2.75) is 13.1 Å². The quantitative estimate of drug-likeness (QED) is 0.370. The molecular formula is C16H20IN7. The smallest absolute Gasteiger partial charge is 0.191 e. The molecule has 0 fully saturated rings. The number of hydrogen-bond acceptors (Lipinski definition) is 4. The molecule has 0 amide bonds. The van der Waals surface area contributed by atoms with Gasteiger partial charge in [-0.05, 0) is 11.6 Å². The van der Waals surface area contributed by atoms with Gasteiger partial charge in [0.15, 0.2) is 5.96 Å². The average Bonchev–Trinajstić information content (AvgIpc) is 3.00. The summed E-state index contributed by atoms with van der Waals surface area (Å²) in [5.41, 5.74) is 2.14. The Morgan fingerprint density at radius 3 is 2.67 bits per heavy atom. The molecule has 2 heterocycles. The summed E-state index contributed by atoms with van der Waals surface area (Å²) >= 11 is 0. The van der Waals surface area contributed by atoms with Gasteiger partial charge in [0.25, 0.3) is 0 Å². The molecule has 2 aromatic heterocycles. The fraction of sp³-hybridized carbons (Fsp3) is 0.250. The van der Waals surface area contributed by atoms with Crippen molar-refractivity contribution in [1.82, 2.24) is 30.4 Å². The Morgan fingerprint density at radius 2 is 1.92 bits per heavy atom. The van der Waals surface area contributed by atoms with Crippen LogP contribution in [0.5, 0.6) is 0 Å². The molecule has 0 unspecified atom stereocenters. The van der Waals surface area contributed by atoms with Gasteiger partial charge in [0, 0.05) is 32.2 Å². The summed E-state index contributed by atoms with van der Waals surface area (Å²) in [6.45, 7) is 1.21. The topological polar surface area (TPSA) is 80.0 Å².